The molecule has 1 saturated heterocycles. The van der Waals surface area contributed by atoms with Gasteiger partial charge < -0.3 is 16.0 Å². The molecule has 0 unspecified atom stereocenters. The van der Waals surface area contributed by atoms with Crippen LogP contribution < -0.4 is 11.1 Å². The van der Waals surface area contributed by atoms with Crippen LogP contribution in [0.25, 0.3) is 0 Å². The quantitative estimate of drug-likeness (QED) is 0.327. The lowest BCUT2D eigenvalue weighted by atomic mass is 9.63. The molecular weight excluding hydrogens is 443 g/mol. The van der Waals surface area contributed by atoms with Crippen LogP contribution in [-0.4, -0.2) is 42.9 Å². The number of hydrogen-bond acceptors (Lipinski definition) is 3. The number of hydrogen-bond donors (Lipinski definition) is 2. The Morgan fingerprint density at radius 3 is 2.50 bits per heavy atom. The monoisotopic (exact) mass is 475 g/mol. The van der Waals surface area contributed by atoms with E-state index >= 15 is 0 Å². The minimum absolute atomic E-state index is 0.184. The van der Waals surface area contributed by atoms with Crippen molar-refractivity contribution < 1.29 is 22.8 Å². The van der Waals surface area contributed by atoms with Crippen LogP contribution in [0.5, 0.6) is 0 Å². The van der Waals surface area contributed by atoms with Gasteiger partial charge in [-0.15, -0.1) is 0 Å². The highest BCUT2D eigenvalue weighted by atomic mass is 19.2. The Labute approximate surface area is 197 Å². The Morgan fingerprint density at radius 1 is 1.09 bits per heavy atom. The molecule has 0 radical (unpaired) electrons. The maximum atomic E-state index is 14.6. The number of amides is 2. The van der Waals surface area contributed by atoms with Gasteiger partial charge in [-0.1, -0.05) is 12.2 Å². The van der Waals surface area contributed by atoms with E-state index in [-0.39, 0.29) is 35.1 Å². The third-order valence-corrected chi connectivity index (χ3v) is 8.78. The second-order valence-corrected chi connectivity index (χ2v) is 10.6. The molecule has 5 nitrogen and oxygen atoms in total. The molecule has 2 bridgehead atoms. The summed E-state index contributed by atoms with van der Waals surface area (Å²) in [7, 11) is 0. The first kappa shape index (κ1) is 23.4. The van der Waals surface area contributed by atoms with Crippen molar-refractivity contribution in [2.45, 2.75) is 44.9 Å². The molecule has 3 fully saturated rings. The van der Waals surface area contributed by atoms with Gasteiger partial charge in [-0.2, -0.15) is 0 Å². The highest BCUT2D eigenvalue weighted by Gasteiger charge is 2.76. The lowest BCUT2D eigenvalue weighted by Crippen LogP contribution is -2.53. The average molecular weight is 476 g/mol. The maximum absolute atomic E-state index is 14.6. The zero-order valence-electron chi connectivity index (χ0n) is 19.3. The van der Waals surface area contributed by atoms with Gasteiger partial charge in [0.1, 0.15) is 5.82 Å². The van der Waals surface area contributed by atoms with Crippen LogP contribution in [0.1, 0.15) is 44.1 Å². The summed E-state index contributed by atoms with van der Waals surface area (Å²) >= 11 is 0. The molecule has 1 aromatic carbocycles. The predicted octanol–water partition coefficient (Wildman–Crippen LogP) is 3.32. The van der Waals surface area contributed by atoms with Crippen molar-refractivity contribution in [3.63, 3.8) is 0 Å². The normalized spacial score (nSPS) is 30.9. The molecule has 2 saturated carbocycles. The lowest BCUT2D eigenvalue weighted by Gasteiger charge is -2.39. The molecule has 4 aliphatic rings. The fraction of sp³-hybridized carbons (Fsp3) is 0.615. The lowest BCUT2D eigenvalue weighted by molar-refractivity contribution is -0.141. The fourth-order valence-electron chi connectivity index (χ4n) is 7.10. The van der Waals surface area contributed by atoms with Gasteiger partial charge in [0.15, 0.2) is 11.6 Å². The van der Waals surface area contributed by atoms with Gasteiger partial charge in [-0.25, -0.2) is 13.2 Å². The highest BCUT2D eigenvalue weighted by molar-refractivity contribution is 5.93. The van der Waals surface area contributed by atoms with Crippen LogP contribution in [0.3, 0.4) is 0 Å². The largest absolute Gasteiger partial charge is 0.369 e. The molecule has 184 valence electrons. The number of allylic oxidation sites excluding steroid dienone is 2. The SMILES string of the molecule is NC(=O)[C@@]1(Cc2cc(F)cc(F)c2F)[C@H](C(=O)NCCCCN2CCCC2)[C@H]2C=C[C@H]1C21CC1. The van der Waals surface area contributed by atoms with Gasteiger partial charge in [0.05, 0.1) is 11.3 Å². The Morgan fingerprint density at radius 2 is 1.82 bits per heavy atom. The zero-order chi connectivity index (χ0) is 24.1. The highest BCUT2D eigenvalue weighted by Crippen LogP contribution is 2.76. The third-order valence-electron chi connectivity index (χ3n) is 8.78. The minimum atomic E-state index is -1.42. The summed E-state index contributed by atoms with van der Waals surface area (Å²) in [5.41, 5.74) is 4.03. The van der Waals surface area contributed by atoms with E-state index in [0.29, 0.717) is 12.6 Å². The van der Waals surface area contributed by atoms with E-state index in [1.165, 1.54) is 12.8 Å². The summed E-state index contributed by atoms with van der Waals surface area (Å²) in [6.07, 6.45) is 9.56. The molecule has 3 aliphatic carbocycles. The number of nitrogens with two attached hydrogens (primary N) is 1. The van der Waals surface area contributed by atoms with Crippen molar-refractivity contribution in [1.29, 1.82) is 0 Å². The van der Waals surface area contributed by atoms with Gasteiger partial charge >= 0.3 is 0 Å². The predicted molar refractivity (Wildman–Crippen MR) is 121 cm³/mol. The molecule has 1 spiro atoms. The summed E-state index contributed by atoms with van der Waals surface area (Å²) in [6.45, 7) is 3.75. The second-order valence-electron chi connectivity index (χ2n) is 10.6. The number of nitrogens with one attached hydrogen (secondary N) is 1. The molecule has 5 rings (SSSR count). The molecule has 1 aromatic rings. The van der Waals surface area contributed by atoms with Crippen LogP contribution >= 0.6 is 0 Å². The summed E-state index contributed by atoms with van der Waals surface area (Å²) in [5, 5.41) is 2.99. The average Bonchev–Trinajstić information content (AvgIpc) is 3.16. The van der Waals surface area contributed by atoms with Gasteiger partial charge in [0, 0.05) is 12.6 Å². The number of unbranched alkanes of at least 4 members (excludes halogenated alkanes) is 1. The number of rotatable bonds is 9. The smallest absolute Gasteiger partial charge is 0.225 e. The van der Waals surface area contributed by atoms with Crippen LogP contribution in [-0.2, 0) is 16.0 Å². The molecule has 8 heteroatoms. The number of carbonyl (C=O) groups excluding carboxylic acids is 2. The number of halogens is 3. The van der Waals surface area contributed by atoms with E-state index in [1.807, 2.05) is 12.2 Å². The first-order chi connectivity index (χ1) is 16.3. The topological polar surface area (TPSA) is 75.4 Å². The molecule has 3 N–H and O–H groups in total. The number of primary amides is 1. The zero-order valence-corrected chi connectivity index (χ0v) is 19.3. The van der Waals surface area contributed by atoms with E-state index in [2.05, 4.69) is 10.2 Å². The maximum Gasteiger partial charge on any atom is 0.225 e. The van der Waals surface area contributed by atoms with Crippen molar-refractivity contribution >= 4 is 11.8 Å². The van der Waals surface area contributed by atoms with E-state index in [0.717, 1.165) is 51.4 Å². The van der Waals surface area contributed by atoms with E-state index in [4.69, 9.17) is 5.73 Å². The minimum Gasteiger partial charge on any atom is -0.369 e. The van der Waals surface area contributed by atoms with Crippen molar-refractivity contribution in [3.8, 4) is 0 Å². The van der Waals surface area contributed by atoms with Crippen molar-refractivity contribution in [2.75, 3.05) is 26.2 Å². The van der Waals surface area contributed by atoms with Crippen LogP contribution in [0.15, 0.2) is 24.3 Å². The fourth-order valence-corrected chi connectivity index (χ4v) is 7.10. The number of likely N-dealkylation sites (tertiary alicyclic amines) is 1. The summed E-state index contributed by atoms with van der Waals surface area (Å²) in [4.78, 5) is 29.0. The van der Waals surface area contributed by atoms with E-state index in [1.54, 1.807) is 0 Å². The molecule has 0 aromatic heterocycles. The van der Waals surface area contributed by atoms with Crippen molar-refractivity contribution in [3.05, 3.63) is 47.3 Å². The number of benzene rings is 1. The number of carbonyl (C=O) groups is 2. The summed E-state index contributed by atoms with van der Waals surface area (Å²) in [5.74, 6) is -5.74. The van der Waals surface area contributed by atoms with Gasteiger partial charge in [0.2, 0.25) is 11.8 Å². The number of nitrogens with zero attached hydrogens (tertiary/aromatic N) is 1. The molecule has 1 aliphatic heterocycles. The van der Waals surface area contributed by atoms with Crippen LogP contribution in [0.4, 0.5) is 13.2 Å². The first-order valence-corrected chi connectivity index (χ1v) is 12.4. The summed E-state index contributed by atoms with van der Waals surface area (Å²) < 4.78 is 42.6. The van der Waals surface area contributed by atoms with Crippen molar-refractivity contribution in [1.82, 2.24) is 10.2 Å². The molecule has 2 amide bonds. The Kier molecular flexibility index (Phi) is 5.99. The first-order valence-electron chi connectivity index (χ1n) is 12.4. The Bertz CT molecular complexity index is 1020. The Hall–Kier alpha value is -2.35. The molecule has 34 heavy (non-hydrogen) atoms. The third kappa shape index (κ3) is 3.65. The summed E-state index contributed by atoms with van der Waals surface area (Å²) in [6, 6.07) is 1.39. The van der Waals surface area contributed by atoms with E-state index in [9.17, 15) is 22.8 Å². The van der Waals surface area contributed by atoms with Gasteiger partial charge in [0.25, 0.3) is 0 Å². The second kappa shape index (κ2) is 8.70. The van der Waals surface area contributed by atoms with Gasteiger partial charge in [-0.3, -0.25) is 9.59 Å². The standard InChI is InChI=1S/C26H32F3N3O2/c27-17-13-16(22(29)19(28)14-17)15-26(24(30)34)20-6-5-18(25(20)7-8-25)21(26)23(33)31-9-1-2-10-32-11-3-4-12-32/h5-6,13-14,18,20-21H,1-4,7-12,15H2,(H2,30,34)(H,31,33)/t18-,20+,21+,26-/m1/s1. The van der Waals surface area contributed by atoms with Crippen LogP contribution in [0.2, 0.25) is 0 Å². The molecule has 4 atom stereocenters. The van der Waals surface area contributed by atoms with Crippen LogP contribution in [0, 0.1) is 46.0 Å². The Balaban J connectivity index is 1.37. The van der Waals surface area contributed by atoms with Gasteiger partial charge in [-0.05, 0) is 93.5 Å². The molecular formula is C26H32F3N3O2. The molecule has 1 heterocycles. The van der Waals surface area contributed by atoms with Crippen molar-refractivity contribution in [2.24, 2.45) is 34.3 Å². The van der Waals surface area contributed by atoms with E-state index < -0.39 is 34.7 Å².